The van der Waals surface area contributed by atoms with Gasteiger partial charge in [-0.2, -0.15) is 0 Å². The summed E-state index contributed by atoms with van der Waals surface area (Å²) in [6, 6.07) is 6.54. The maximum absolute atomic E-state index is 13.9. The van der Waals surface area contributed by atoms with Crippen molar-refractivity contribution < 1.29 is 8.78 Å². The summed E-state index contributed by atoms with van der Waals surface area (Å²) < 4.78 is 26.9. The Kier molecular flexibility index (Phi) is 4.68. The first-order valence-electron chi connectivity index (χ1n) is 8.30. The van der Waals surface area contributed by atoms with Crippen LogP contribution in [-0.4, -0.2) is 49.3 Å². The first-order valence-corrected chi connectivity index (χ1v) is 8.30. The first-order chi connectivity index (χ1) is 11.1. The third kappa shape index (κ3) is 3.92. The Hall–Kier alpha value is -1.85. The van der Waals surface area contributed by atoms with E-state index in [1.807, 2.05) is 4.90 Å². The van der Waals surface area contributed by atoms with Crippen LogP contribution in [0.3, 0.4) is 0 Å². The largest absolute Gasteiger partial charge is 0.370 e. The summed E-state index contributed by atoms with van der Waals surface area (Å²) in [6.45, 7) is 3.63. The standard InChI is InChI=1S/C17H24F2N4/c18-14-2-4-15(5-3-14)22-10-12-23(13-11-22)16(20)21-9-8-17(19)6-1-7-17/h2-5H,1,6-13H2,(H2,20,21). The van der Waals surface area contributed by atoms with Crippen molar-refractivity contribution in [3.63, 3.8) is 0 Å². The molecular formula is C17H24F2N4. The fraction of sp³-hybridized carbons (Fsp3) is 0.588. The van der Waals surface area contributed by atoms with Gasteiger partial charge in [0.25, 0.3) is 0 Å². The molecule has 2 N–H and O–H groups in total. The van der Waals surface area contributed by atoms with Gasteiger partial charge in [0, 0.05) is 44.8 Å². The Bertz CT molecular complexity index is 546. The van der Waals surface area contributed by atoms with Gasteiger partial charge in [-0.05, 0) is 43.5 Å². The lowest BCUT2D eigenvalue weighted by Crippen LogP contribution is -2.51. The van der Waals surface area contributed by atoms with Crippen molar-refractivity contribution in [3.05, 3.63) is 30.1 Å². The molecule has 0 unspecified atom stereocenters. The molecule has 0 radical (unpaired) electrons. The van der Waals surface area contributed by atoms with Crippen molar-refractivity contribution in [1.82, 2.24) is 4.90 Å². The highest BCUT2D eigenvalue weighted by Crippen LogP contribution is 2.38. The van der Waals surface area contributed by atoms with E-state index in [9.17, 15) is 8.78 Å². The summed E-state index contributed by atoms with van der Waals surface area (Å²) in [5.41, 5.74) is 6.05. The van der Waals surface area contributed by atoms with Gasteiger partial charge in [-0.1, -0.05) is 0 Å². The first kappa shape index (κ1) is 16.0. The summed E-state index contributed by atoms with van der Waals surface area (Å²) in [7, 11) is 0. The average molecular weight is 322 g/mol. The van der Waals surface area contributed by atoms with Crippen LogP contribution in [0, 0.1) is 5.82 Å². The van der Waals surface area contributed by atoms with E-state index in [-0.39, 0.29) is 5.82 Å². The number of anilines is 1. The van der Waals surface area contributed by atoms with E-state index in [4.69, 9.17) is 5.73 Å². The monoisotopic (exact) mass is 322 g/mol. The van der Waals surface area contributed by atoms with Crippen molar-refractivity contribution >= 4 is 11.6 Å². The molecule has 2 aliphatic rings. The molecule has 0 spiro atoms. The summed E-state index contributed by atoms with van der Waals surface area (Å²) in [5.74, 6) is 0.285. The maximum Gasteiger partial charge on any atom is 0.191 e. The number of benzene rings is 1. The molecule has 6 heteroatoms. The fourth-order valence-electron chi connectivity index (χ4n) is 3.13. The molecule has 0 aromatic heterocycles. The van der Waals surface area contributed by atoms with E-state index in [1.165, 1.54) is 12.1 Å². The molecule has 1 saturated carbocycles. The number of guanidine groups is 1. The topological polar surface area (TPSA) is 44.9 Å². The number of nitrogens with two attached hydrogens (primary N) is 1. The summed E-state index contributed by atoms with van der Waals surface area (Å²) in [4.78, 5) is 8.57. The Morgan fingerprint density at radius 2 is 1.78 bits per heavy atom. The molecule has 1 aromatic carbocycles. The minimum atomic E-state index is -0.995. The summed E-state index contributed by atoms with van der Waals surface area (Å²) in [6.07, 6.45) is 2.79. The zero-order valence-corrected chi connectivity index (χ0v) is 13.3. The lowest BCUT2D eigenvalue weighted by Gasteiger charge is -2.37. The van der Waals surface area contributed by atoms with Crippen LogP contribution in [0.2, 0.25) is 0 Å². The lowest BCUT2D eigenvalue weighted by molar-refractivity contribution is 0.0568. The SMILES string of the molecule is NC(=NCCC1(F)CCC1)N1CCN(c2ccc(F)cc2)CC1. The molecule has 23 heavy (non-hydrogen) atoms. The third-order valence-corrected chi connectivity index (χ3v) is 4.88. The van der Waals surface area contributed by atoms with Crippen molar-refractivity contribution in [3.8, 4) is 0 Å². The highest BCUT2D eigenvalue weighted by molar-refractivity contribution is 5.78. The van der Waals surface area contributed by atoms with Crippen molar-refractivity contribution in [2.45, 2.75) is 31.4 Å². The second-order valence-corrected chi connectivity index (χ2v) is 6.44. The van der Waals surface area contributed by atoms with Crippen LogP contribution in [0.1, 0.15) is 25.7 Å². The van der Waals surface area contributed by atoms with E-state index in [1.54, 1.807) is 12.1 Å². The zero-order chi connectivity index (χ0) is 16.3. The van der Waals surface area contributed by atoms with Gasteiger partial charge >= 0.3 is 0 Å². The van der Waals surface area contributed by atoms with Gasteiger partial charge in [-0.3, -0.25) is 4.99 Å². The fourth-order valence-corrected chi connectivity index (χ4v) is 3.13. The molecular weight excluding hydrogens is 298 g/mol. The number of halogens is 2. The molecule has 1 aliphatic carbocycles. The highest BCUT2D eigenvalue weighted by atomic mass is 19.1. The van der Waals surface area contributed by atoms with Gasteiger partial charge < -0.3 is 15.5 Å². The van der Waals surface area contributed by atoms with Gasteiger partial charge in [0.1, 0.15) is 11.5 Å². The highest BCUT2D eigenvalue weighted by Gasteiger charge is 2.36. The molecule has 1 saturated heterocycles. The Morgan fingerprint density at radius 1 is 1.13 bits per heavy atom. The van der Waals surface area contributed by atoms with Crippen LogP contribution in [0.4, 0.5) is 14.5 Å². The number of piperazine rings is 1. The van der Waals surface area contributed by atoms with Gasteiger partial charge in [-0.15, -0.1) is 0 Å². The number of alkyl halides is 1. The minimum absolute atomic E-state index is 0.221. The van der Waals surface area contributed by atoms with E-state index in [2.05, 4.69) is 9.89 Å². The van der Waals surface area contributed by atoms with E-state index < -0.39 is 5.67 Å². The van der Waals surface area contributed by atoms with Crippen molar-refractivity contribution in [2.24, 2.45) is 10.7 Å². The van der Waals surface area contributed by atoms with E-state index in [0.29, 0.717) is 31.8 Å². The molecule has 4 nitrogen and oxygen atoms in total. The predicted octanol–water partition coefficient (Wildman–Crippen LogP) is 2.54. The normalized spacial score (nSPS) is 21.2. The number of hydrogen-bond donors (Lipinski definition) is 1. The maximum atomic E-state index is 13.9. The Labute approximate surface area is 136 Å². The number of aliphatic imine (C=N–C) groups is 1. The number of nitrogens with zero attached hydrogens (tertiary/aromatic N) is 3. The molecule has 1 aliphatic heterocycles. The zero-order valence-electron chi connectivity index (χ0n) is 13.3. The van der Waals surface area contributed by atoms with Crippen LogP contribution in [0.5, 0.6) is 0 Å². The summed E-state index contributed by atoms with van der Waals surface area (Å²) >= 11 is 0. The summed E-state index contributed by atoms with van der Waals surface area (Å²) in [5, 5.41) is 0. The average Bonchev–Trinajstić information content (AvgIpc) is 2.54. The van der Waals surface area contributed by atoms with Crippen LogP contribution >= 0.6 is 0 Å². The quantitative estimate of drug-likeness (QED) is 0.684. The van der Waals surface area contributed by atoms with Crippen LogP contribution in [0.25, 0.3) is 0 Å². The third-order valence-electron chi connectivity index (χ3n) is 4.88. The minimum Gasteiger partial charge on any atom is -0.370 e. The predicted molar refractivity (Wildman–Crippen MR) is 89.0 cm³/mol. The molecule has 1 aromatic rings. The molecule has 0 bridgehead atoms. The smallest absolute Gasteiger partial charge is 0.191 e. The Balaban J connectivity index is 1.47. The van der Waals surface area contributed by atoms with Gasteiger partial charge in [0.15, 0.2) is 5.96 Å². The van der Waals surface area contributed by atoms with Crippen molar-refractivity contribution in [1.29, 1.82) is 0 Å². The van der Waals surface area contributed by atoms with E-state index in [0.717, 1.165) is 38.3 Å². The second-order valence-electron chi connectivity index (χ2n) is 6.44. The molecule has 126 valence electrons. The second kappa shape index (κ2) is 6.72. The Morgan fingerprint density at radius 3 is 2.35 bits per heavy atom. The lowest BCUT2D eigenvalue weighted by atomic mass is 9.80. The molecule has 3 rings (SSSR count). The molecule has 0 atom stereocenters. The van der Waals surface area contributed by atoms with Crippen LogP contribution in [-0.2, 0) is 0 Å². The van der Waals surface area contributed by atoms with Gasteiger partial charge in [-0.25, -0.2) is 8.78 Å². The molecule has 0 amide bonds. The van der Waals surface area contributed by atoms with E-state index >= 15 is 0 Å². The van der Waals surface area contributed by atoms with Gasteiger partial charge in [0.2, 0.25) is 0 Å². The molecule has 2 fully saturated rings. The number of rotatable bonds is 4. The van der Waals surface area contributed by atoms with Crippen LogP contribution < -0.4 is 10.6 Å². The number of hydrogen-bond acceptors (Lipinski definition) is 2. The van der Waals surface area contributed by atoms with Crippen LogP contribution in [0.15, 0.2) is 29.3 Å². The van der Waals surface area contributed by atoms with Gasteiger partial charge in [0.05, 0.1) is 0 Å². The molecule has 1 heterocycles. The van der Waals surface area contributed by atoms with Crippen molar-refractivity contribution in [2.75, 3.05) is 37.6 Å².